The zero-order chi connectivity index (χ0) is 11.5. The van der Waals surface area contributed by atoms with Gasteiger partial charge in [-0.05, 0) is 24.5 Å². The number of rotatable bonds is 4. The van der Waals surface area contributed by atoms with Crippen LogP contribution >= 0.6 is 0 Å². The number of benzene rings is 1. The number of carboxylic acids is 1. The van der Waals surface area contributed by atoms with Crippen molar-refractivity contribution in [3.05, 3.63) is 35.4 Å². The molecule has 0 radical (unpaired) electrons. The van der Waals surface area contributed by atoms with Crippen LogP contribution in [0.2, 0.25) is 0 Å². The van der Waals surface area contributed by atoms with Crippen LogP contribution in [0.5, 0.6) is 0 Å². The van der Waals surface area contributed by atoms with Gasteiger partial charge in [0.15, 0.2) is 5.60 Å². The highest BCUT2D eigenvalue weighted by Crippen LogP contribution is 2.31. The number of carboxylic acid groups (broad SMARTS) is 1. The molecule has 1 N–H and O–H groups in total. The summed E-state index contributed by atoms with van der Waals surface area (Å²) in [6, 6.07) is 7.41. The first-order valence-corrected chi connectivity index (χ1v) is 4.93. The molecule has 0 fully saturated rings. The van der Waals surface area contributed by atoms with Crippen molar-refractivity contribution in [1.82, 2.24) is 0 Å². The van der Waals surface area contributed by atoms with Gasteiger partial charge in [-0.2, -0.15) is 0 Å². The van der Waals surface area contributed by atoms with Crippen molar-refractivity contribution in [3.8, 4) is 0 Å². The molecule has 82 valence electrons. The van der Waals surface area contributed by atoms with Crippen molar-refractivity contribution in [2.45, 2.75) is 25.9 Å². The Labute approximate surface area is 89.7 Å². The molecule has 3 nitrogen and oxygen atoms in total. The Morgan fingerprint density at radius 2 is 2.07 bits per heavy atom. The summed E-state index contributed by atoms with van der Waals surface area (Å²) in [7, 11) is 1.43. The average molecular weight is 208 g/mol. The molecule has 1 atom stereocenters. The minimum atomic E-state index is -1.22. The lowest BCUT2D eigenvalue weighted by Crippen LogP contribution is -2.37. The predicted octanol–water partition coefficient (Wildman–Crippen LogP) is 2.33. The zero-order valence-electron chi connectivity index (χ0n) is 9.28. The normalized spacial score (nSPS) is 14.6. The molecule has 0 aromatic heterocycles. The third-order valence-electron chi connectivity index (χ3n) is 2.77. The Balaban J connectivity index is 3.33. The minimum absolute atomic E-state index is 0.406. The number of ether oxygens (including phenoxy) is 1. The minimum Gasteiger partial charge on any atom is -0.479 e. The molecule has 0 amide bonds. The second kappa shape index (κ2) is 4.45. The van der Waals surface area contributed by atoms with Gasteiger partial charge < -0.3 is 9.84 Å². The van der Waals surface area contributed by atoms with Crippen LogP contribution in [0.4, 0.5) is 0 Å². The molecule has 0 bridgehead atoms. The fraction of sp³-hybridized carbons (Fsp3) is 0.417. The molecule has 0 heterocycles. The second-order valence-corrected chi connectivity index (χ2v) is 3.50. The van der Waals surface area contributed by atoms with E-state index in [4.69, 9.17) is 4.74 Å². The third-order valence-corrected chi connectivity index (χ3v) is 2.77. The smallest absolute Gasteiger partial charge is 0.340 e. The largest absolute Gasteiger partial charge is 0.479 e. The van der Waals surface area contributed by atoms with E-state index in [9.17, 15) is 9.90 Å². The van der Waals surface area contributed by atoms with Crippen LogP contribution in [-0.2, 0) is 15.1 Å². The van der Waals surface area contributed by atoms with Gasteiger partial charge in [0.2, 0.25) is 0 Å². The lowest BCUT2D eigenvalue weighted by atomic mass is 9.88. The molecule has 1 rings (SSSR count). The number of methoxy groups -OCH3 is 1. The summed E-state index contributed by atoms with van der Waals surface area (Å²) in [5.74, 6) is -0.943. The maximum absolute atomic E-state index is 11.3. The molecule has 3 heteroatoms. The lowest BCUT2D eigenvalue weighted by Gasteiger charge is -2.28. The van der Waals surface area contributed by atoms with Gasteiger partial charge in [-0.15, -0.1) is 0 Å². The van der Waals surface area contributed by atoms with Crippen molar-refractivity contribution in [1.29, 1.82) is 0 Å². The van der Waals surface area contributed by atoms with E-state index in [1.165, 1.54) is 7.11 Å². The highest BCUT2D eigenvalue weighted by atomic mass is 16.5. The topological polar surface area (TPSA) is 46.5 Å². The second-order valence-electron chi connectivity index (χ2n) is 3.50. The molecule has 1 unspecified atom stereocenters. The Hall–Kier alpha value is -1.35. The van der Waals surface area contributed by atoms with E-state index >= 15 is 0 Å². The maximum Gasteiger partial charge on any atom is 0.340 e. The molecular formula is C12H16O3. The fourth-order valence-corrected chi connectivity index (χ4v) is 1.82. The van der Waals surface area contributed by atoms with Gasteiger partial charge in [0.1, 0.15) is 0 Å². The van der Waals surface area contributed by atoms with E-state index in [1.54, 1.807) is 6.07 Å². The fourth-order valence-electron chi connectivity index (χ4n) is 1.82. The van der Waals surface area contributed by atoms with Gasteiger partial charge in [0.25, 0.3) is 0 Å². The van der Waals surface area contributed by atoms with Gasteiger partial charge in [-0.1, -0.05) is 31.2 Å². The molecule has 0 aliphatic heterocycles. The van der Waals surface area contributed by atoms with E-state index in [0.29, 0.717) is 6.42 Å². The third kappa shape index (κ3) is 1.88. The summed E-state index contributed by atoms with van der Waals surface area (Å²) in [4.78, 5) is 11.3. The van der Waals surface area contributed by atoms with Crippen LogP contribution in [0.1, 0.15) is 24.5 Å². The number of hydrogen-bond donors (Lipinski definition) is 1. The maximum atomic E-state index is 11.3. The SMILES string of the molecule is CCC(OC)(C(=O)O)c1ccccc1C. The standard InChI is InChI=1S/C12H16O3/c1-4-12(15-3,11(13)14)10-8-6-5-7-9(10)2/h5-8H,4H2,1-3H3,(H,13,14). The Morgan fingerprint density at radius 3 is 2.47 bits per heavy atom. The molecule has 0 aliphatic rings. The predicted molar refractivity (Wildman–Crippen MR) is 57.8 cm³/mol. The van der Waals surface area contributed by atoms with E-state index in [2.05, 4.69) is 0 Å². The van der Waals surface area contributed by atoms with E-state index < -0.39 is 11.6 Å². The molecule has 15 heavy (non-hydrogen) atoms. The van der Waals surface area contributed by atoms with Gasteiger partial charge in [0.05, 0.1) is 0 Å². The molecule has 0 saturated carbocycles. The van der Waals surface area contributed by atoms with Crippen LogP contribution in [0.3, 0.4) is 0 Å². The van der Waals surface area contributed by atoms with Gasteiger partial charge in [0, 0.05) is 7.11 Å². The summed E-state index contributed by atoms with van der Waals surface area (Å²) in [6.45, 7) is 3.70. The lowest BCUT2D eigenvalue weighted by molar-refractivity contribution is -0.164. The number of aliphatic carboxylic acids is 1. The summed E-state index contributed by atoms with van der Waals surface area (Å²) >= 11 is 0. The first kappa shape index (κ1) is 11.7. The number of hydrogen-bond acceptors (Lipinski definition) is 2. The molecular weight excluding hydrogens is 192 g/mol. The Morgan fingerprint density at radius 1 is 1.47 bits per heavy atom. The summed E-state index contributed by atoms with van der Waals surface area (Å²) in [5, 5.41) is 9.28. The van der Waals surface area contributed by atoms with Crippen molar-refractivity contribution >= 4 is 5.97 Å². The molecule has 1 aromatic rings. The van der Waals surface area contributed by atoms with Gasteiger partial charge in [-0.3, -0.25) is 0 Å². The number of aryl methyl sites for hydroxylation is 1. The molecule has 0 aliphatic carbocycles. The quantitative estimate of drug-likeness (QED) is 0.826. The summed E-state index contributed by atoms with van der Waals surface area (Å²) in [5.41, 5.74) is 0.442. The van der Waals surface area contributed by atoms with E-state index in [-0.39, 0.29) is 0 Å². The number of carbonyl (C=O) groups is 1. The van der Waals surface area contributed by atoms with Gasteiger partial charge >= 0.3 is 5.97 Å². The van der Waals surface area contributed by atoms with Crippen LogP contribution < -0.4 is 0 Å². The monoisotopic (exact) mass is 208 g/mol. The first-order chi connectivity index (χ1) is 7.08. The molecule has 0 saturated heterocycles. The van der Waals surface area contributed by atoms with Crippen LogP contribution in [-0.4, -0.2) is 18.2 Å². The summed E-state index contributed by atoms with van der Waals surface area (Å²) < 4.78 is 5.22. The van der Waals surface area contributed by atoms with Crippen LogP contribution in [0, 0.1) is 6.92 Å². The van der Waals surface area contributed by atoms with Crippen molar-refractivity contribution in [2.24, 2.45) is 0 Å². The van der Waals surface area contributed by atoms with E-state index in [0.717, 1.165) is 11.1 Å². The van der Waals surface area contributed by atoms with E-state index in [1.807, 2.05) is 32.0 Å². The summed E-state index contributed by atoms with van der Waals surface area (Å²) in [6.07, 6.45) is 0.406. The molecule has 0 spiro atoms. The van der Waals surface area contributed by atoms with Crippen molar-refractivity contribution in [2.75, 3.05) is 7.11 Å². The Kier molecular flexibility index (Phi) is 3.48. The van der Waals surface area contributed by atoms with Crippen molar-refractivity contribution < 1.29 is 14.6 Å². The zero-order valence-corrected chi connectivity index (χ0v) is 9.28. The first-order valence-electron chi connectivity index (χ1n) is 4.93. The van der Waals surface area contributed by atoms with Gasteiger partial charge in [-0.25, -0.2) is 4.79 Å². The Bertz CT molecular complexity index is 354. The van der Waals surface area contributed by atoms with Crippen LogP contribution in [0.25, 0.3) is 0 Å². The highest BCUT2D eigenvalue weighted by Gasteiger charge is 2.39. The van der Waals surface area contributed by atoms with Crippen LogP contribution in [0.15, 0.2) is 24.3 Å². The van der Waals surface area contributed by atoms with Crippen molar-refractivity contribution in [3.63, 3.8) is 0 Å². The highest BCUT2D eigenvalue weighted by molar-refractivity contribution is 5.80. The average Bonchev–Trinajstić information content (AvgIpc) is 2.22. The molecule has 1 aromatic carbocycles.